The third kappa shape index (κ3) is 4.85. The molecule has 0 spiro atoms. The Labute approximate surface area is 176 Å². The standard InChI is InChI=1S/C21H20F3N5O2/c22-21(23,24)20-26-17-3-1-2-4-18(17)29(20)14-19(30)27-25-13-15-5-7-16(8-6-15)28-9-11-31-12-10-28/h1-8,13H,9-12,14H2,(H,27,30). The molecule has 0 atom stereocenters. The first kappa shape index (κ1) is 20.9. The number of hydrazone groups is 1. The van der Waals surface area contributed by atoms with Crippen LogP contribution in [0.4, 0.5) is 18.9 Å². The number of rotatable bonds is 5. The zero-order valence-electron chi connectivity index (χ0n) is 16.5. The number of nitrogens with zero attached hydrogens (tertiary/aromatic N) is 4. The van der Waals surface area contributed by atoms with Crippen molar-refractivity contribution in [1.82, 2.24) is 15.0 Å². The van der Waals surface area contributed by atoms with Gasteiger partial charge in [0.2, 0.25) is 5.82 Å². The minimum atomic E-state index is -4.68. The van der Waals surface area contributed by atoms with Crippen molar-refractivity contribution in [3.8, 4) is 0 Å². The monoisotopic (exact) mass is 431 g/mol. The molecule has 1 amide bonds. The molecule has 1 aliphatic heterocycles. The van der Waals surface area contributed by atoms with E-state index in [-0.39, 0.29) is 11.0 Å². The minimum Gasteiger partial charge on any atom is -0.378 e. The van der Waals surface area contributed by atoms with E-state index in [2.05, 4.69) is 20.4 Å². The average molecular weight is 431 g/mol. The summed E-state index contributed by atoms with van der Waals surface area (Å²) in [7, 11) is 0. The Kier molecular flexibility index (Phi) is 5.90. The Morgan fingerprint density at radius 2 is 1.84 bits per heavy atom. The van der Waals surface area contributed by atoms with Crippen molar-refractivity contribution in [3.05, 3.63) is 59.9 Å². The van der Waals surface area contributed by atoms with Crippen molar-refractivity contribution < 1.29 is 22.7 Å². The zero-order valence-corrected chi connectivity index (χ0v) is 16.5. The summed E-state index contributed by atoms with van der Waals surface area (Å²) in [4.78, 5) is 18.1. The van der Waals surface area contributed by atoms with E-state index in [1.165, 1.54) is 18.3 Å². The number of alkyl halides is 3. The maximum absolute atomic E-state index is 13.3. The second-order valence-corrected chi connectivity index (χ2v) is 6.99. The highest BCUT2D eigenvalue weighted by Crippen LogP contribution is 2.31. The van der Waals surface area contributed by atoms with Gasteiger partial charge < -0.3 is 14.2 Å². The highest BCUT2D eigenvalue weighted by atomic mass is 19.4. The highest BCUT2D eigenvalue weighted by molar-refractivity contribution is 5.84. The van der Waals surface area contributed by atoms with Gasteiger partial charge in [0.05, 0.1) is 30.5 Å². The number of benzene rings is 2. The van der Waals surface area contributed by atoms with Crippen molar-refractivity contribution in [2.45, 2.75) is 12.7 Å². The van der Waals surface area contributed by atoms with Crippen LogP contribution in [0.25, 0.3) is 11.0 Å². The summed E-state index contributed by atoms with van der Waals surface area (Å²) < 4.78 is 46.1. The Hall–Kier alpha value is -3.40. The molecular formula is C21H20F3N5O2. The second-order valence-electron chi connectivity index (χ2n) is 6.99. The van der Waals surface area contributed by atoms with Gasteiger partial charge in [-0.2, -0.15) is 18.3 Å². The summed E-state index contributed by atoms with van der Waals surface area (Å²) in [5.74, 6) is -1.80. The fraction of sp³-hybridized carbons (Fsp3) is 0.286. The Morgan fingerprint density at radius 1 is 1.13 bits per heavy atom. The number of anilines is 1. The van der Waals surface area contributed by atoms with Crippen LogP contribution in [0.2, 0.25) is 0 Å². The first-order valence-corrected chi connectivity index (χ1v) is 9.69. The number of imidazole rings is 1. The summed E-state index contributed by atoms with van der Waals surface area (Å²) >= 11 is 0. The molecule has 10 heteroatoms. The number of carbonyl (C=O) groups excluding carboxylic acids is 1. The van der Waals surface area contributed by atoms with Gasteiger partial charge in [-0.05, 0) is 29.8 Å². The molecule has 0 unspecified atom stereocenters. The van der Waals surface area contributed by atoms with E-state index in [1.54, 1.807) is 12.1 Å². The number of halogens is 3. The molecule has 7 nitrogen and oxygen atoms in total. The van der Waals surface area contributed by atoms with Crippen molar-refractivity contribution in [2.75, 3.05) is 31.2 Å². The van der Waals surface area contributed by atoms with Gasteiger partial charge in [0.1, 0.15) is 6.54 Å². The summed E-state index contributed by atoms with van der Waals surface area (Å²) in [5, 5.41) is 3.86. The fourth-order valence-corrected chi connectivity index (χ4v) is 3.40. The van der Waals surface area contributed by atoms with Crippen LogP contribution < -0.4 is 10.3 Å². The molecule has 2 heterocycles. The van der Waals surface area contributed by atoms with Crippen LogP contribution in [0.1, 0.15) is 11.4 Å². The van der Waals surface area contributed by atoms with Crippen LogP contribution >= 0.6 is 0 Å². The first-order valence-electron chi connectivity index (χ1n) is 9.69. The van der Waals surface area contributed by atoms with Crippen LogP contribution in [-0.2, 0) is 22.3 Å². The molecule has 0 radical (unpaired) electrons. The first-order chi connectivity index (χ1) is 14.9. The van der Waals surface area contributed by atoms with E-state index < -0.39 is 24.5 Å². The molecule has 3 aromatic rings. The smallest absolute Gasteiger partial charge is 0.378 e. The molecule has 162 valence electrons. The molecule has 1 fully saturated rings. The molecule has 1 aromatic heterocycles. The van der Waals surface area contributed by atoms with E-state index in [4.69, 9.17) is 4.74 Å². The highest BCUT2D eigenvalue weighted by Gasteiger charge is 2.37. The van der Waals surface area contributed by atoms with E-state index in [9.17, 15) is 18.0 Å². The van der Waals surface area contributed by atoms with E-state index in [0.717, 1.165) is 28.9 Å². The topological polar surface area (TPSA) is 71.8 Å². The number of amides is 1. The zero-order chi connectivity index (χ0) is 21.8. The van der Waals surface area contributed by atoms with Gasteiger partial charge in [-0.3, -0.25) is 4.79 Å². The summed E-state index contributed by atoms with van der Waals surface area (Å²) in [6, 6.07) is 13.7. The summed E-state index contributed by atoms with van der Waals surface area (Å²) in [6.45, 7) is 2.48. The van der Waals surface area contributed by atoms with Gasteiger partial charge in [-0.25, -0.2) is 10.4 Å². The SMILES string of the molecule is O=C(Cn1c(C(F)(F)F)nc2ccccc21)NN=Cc1ccc(N2CCOCC2)cc1. The number of hydrogen-bond acceptors (Lipinski definition) is 5. The number of nitrogens with one attached hydrogen (secondary N) is 1. The Morgan fingerprint density at radius 3 is 2.55 bits per heavy atom. The molecule has 0 bridgehead atoms. The molecule has 1 N–H and O–H groups in total. The van der Waals surface area contributed by atoms with Crippen molar-refractivity contribution >= 4 is 28.8 Å². The lowest BCUT2D eigenvalue weighted by molar-refractivity contribution is -0.147. The molecule has 2 aromatic carbocycles. The van der Waals surface area contributed by atoms with Crippen molar-refractivity contribution in [3.63, 3.8) is 0 Å². The molecule has 0 aliphatic carbocycles. The largest absolute Gasteiger partial charge is 0.449 e. The van der Waals surface area contributed by atoms with Gasteiger partial charge in [-0.15, -0.1) is 0 Å². The number of ether oxygens (including phenoxy) is 1. The molecule has 1 saturated heterocycles. The number of fused-ring (bicyclic) bond motifs is 1. The molecular weight excluding hydrogens is 411 g/mol. The molecule has 31 heavy (non-hydrogen) atoms. The number of morpholine rings is 1. The van der Waals surface area contributed by atoms with Crippen LogP contribution in [0, 0.1) is 0 Å². The summed E-state index contributed by atoms with van der Waals surface area (Å²) in [6.07, 6.45) is -3.23. The maximum Gasteiger partial charge on any atom is 0.449 e. The van der Waals surface area contributed by atoms with Crippen LogP contribution in [-0.4, -0.2) is 48.0 Å². The predicted molar refractivity (Wildman–Crippen MR) is 110 cm³/mol. The molecule has 0 saturated carbocycles. The average Bonchev–Trinajstić information content (AvgIpc) is 3.14. The third-order valence-electron chi connectivity index (χ3n) is 4.88. The summed E-state index contributed by atoms with van der Waals surface area (Å²) in [5.41, 5.74) is 4.50. The van der Waals surface area contributed by atoms with E-state index >= 15 is 0 Å². The van der Waals surface area contributed by atoms with Gasteiger partial charge in [0.15, 0.2) is 0 Å². The van der Waals surface area contributed by atoms with Gasteiger partial charge in [0.25, 0.3) is 5.91 Å². The molecule has 1 aliphatic rings. The fourth-order valence-electron chi connectivity index (χ4n) is 3.40. The van der Waals surface area contributed by atoms with Crippen LogP contribution in [0.3, 0.4) is 0 Å². The number of para-hydroxylation sites is 2. The second kappa shape index (κ2) is 8.76. The van der Waals surface area contributed by atoms with Gasteiger partial charge in [0, 0.05) is 18.8 Å². The van der Waals surface area contributed by atoms with Crippen LogP contribution in [0.15, 0.2) is 53.6 Å². The normalized spacial score (nSPS) is 15.0. The number of carbonyl (C=O) groups is 1. The Balaban J connectivity index is 1.41. The lowest BCUT2D eigenvalue weighted by Gasteiger charge is -2.28. The van der Waals surface area contributed by atoms with Crippen molar-refractivity contribution in [2.24, 2.45) is 5.10 Å². The van der Waals surface area contributed by atoms with Crippen LogP contribution in [0.5, 0.6) is 0 Å². The third-order valence-corrected chi connectivity index (χ3v) is 4.88. The van der Waals surface area contributed by atoms with E-state index in [0.29, 0.717) is 13.2 Å². The molecule has 4 rings (SSSR count). The number of hydrogen-bond donors (Lipinski definition) is 1. The van der Waals surface area contributed by atoms with Gasteiger partial charge >= 0.3 is 6.18 Å². The lowest BCUT2D eigenvalue weighted by Crippen LogP contribution is -2.36. The maximum atomic E-state index is 13.3. The van der Waals surface area contributed by atoms with Crippen molar-refractivity contribution in [1.29, 1.82) is 0 Å². The minimum absolute atomic E-state index is 0.173. The van der Waals surface area contributed by atoms with E-state index in [1.807, 2.05) is 24.3 Å². The Bertz CT molecular complexity index is 1090. The quantitative estimate of drug-likeness (QED) is 0.498. The van der Waals surface area contributed by atoms with Gasteiger partial charge in [-0.1, -0.05) is 24.3 Å². The predicted octanol–water partition coefficient (Wildman–Crippen LogP) is 3.04. The number of aromatic nitrogens is 2. The lowest BCUT2D eigenvalue weighted by atomic mass is 10.2.